The summed E-state index contributed by atoms with van der Waals surface area (Å²) in [5.41, 5.74) is 10.2. The van der Waals surface area contributed by atoms with E-state index in [4.69, 9.17) is 52.1 Å². The second-order valence-electron chi connectivity index (χ2n) is 20.2. The number of likely N-dealkylation sites (tertiary alicyclic amines) is 1. The van der Waals surface area contributed by atoms with Crippen molar-refractivity contribution in [2.75, 3.05) is 65.4 Å². The van der Waals surface area contributed by atoms with E-state index in [1.54, 1.807) is 4.90 Å². The molecule has 4 amide bonds. The van der Waals surface area contributed by atoms with Crippen molar-refractivity contribution in [2.24, 2.45) is 29.4 Å². The van der Waals surface area contributed by atoms with Crippen LogP contribution in [0.4, 0.5) is 4.79 Å². The molecule has 388 valence electrons. The van der Waals surface area contributed by atoms with Crippen LogP contribution in [0, 0.1) is 23.7 Å². The van der Waals surface area contributed by atoms with Crippen molar-refractivity contribution in [3.63, 3.8) is 0 Å². The molecule has 16 heteroatoms. The third-order valence-corrected chi connectivity index (χ3v) is 15.9. The van der Waals surface area contributed by atoms with Crippen LogP contribution in [-0.4, -0.2) is 120 Å². The zero-order valence-corrected chi connectivity index (χ0v) is 46.2. The van der Waals surface area contributed by atoms with Gasteiger partial charge in [0.25, 0.3) is 0 Å². The molecule has 4 saturated heterocycles. The number of carbonyl (C=O) groups excluding carboxylic acids is 3. The average Bonchev–Trinajstić information content (AvgIpc) is 3.34. The Morgan fingerprint density at radius 2 is 0.817 bits per heavy atom. The van der Waals surface area contributed by atoms with Crippen LogP contribution in [0.1, 0.15) is 101 Å². The summed E-state index contributed by atoms with van der Waals surface area (Å²) in [6.07, 6.45) is 5.09. The maximum absolute atomic E-state index is 13.5. The molecule has 4 aliphatic heterocycles. The number of piperidine rings is 2. The quantitative estimate of drug-likeness (QED) is 0.146. The predicted molar refractivity (Wildman–Crippen MR) is 297 cm³/mol. The van der Waals surface area contributed by atoms with Gasteiger partial charge in [-0.1, -0.05) is 123 Å². The van der Waals surface area contributed by atoms with Crippen LogP contribution in [0.2, 0.25) is 20.1 Å². The molecule has 0 aliphatic carbocycles. The molecule has 4 aromatic carbocycles. The molecular weight excluding hydrogens is 1020 g/mol. The van der Waals surface area contributed by atoms with Crippen molar-refractivity contribution in [1.29, 1.82) is 0 Å². The summed E-state index contributed by atoms with van der Waals surface area (Å²) < 4.78 is 0. The third-order valence-electron chi connectivity index (χ3n) is 14.9. The van der Waals surface area contributed by atoms with Crippen molar-refractivity contribution in [2.45, 2.75) is 90.4 Å². The number of nitrogens with zero attached hydrogens (tertiary/aromatic N) is 5. The number of nitrogens with one attached hydrogen (secondary N) is 1. The van der Waals surface area contributed by atoms with Gasteiger partial charge >= 0.3 is 6.03 Å². The predicted octanol–water partition coefficient (Wildman–Crippen LogP) is 11.9. The minimum atomic E-state index is -0.369. The Bertz CT molecular complexity index is 2180. The van der Waals surface area contributed by atoms with Crippen LogP contribution in [0.15, 0.2) is 97.1 Å². The lowest BCUT2D eigenvalue weighted by molar-refractivity contribution is -0.140. The highest BCUT2D eigenvalue weighted by Crippen LogP contribution is 2.36. The van der Waals surface area contributed by atoms with Gasteiger partial charge in [-0.25, -0.2) is 4.79 Å². The highest BCUT2D eigenvalue weighted by atomic mass is 35.5. The van der Waals surface area contributed by atoms with Gasteiger partial charge in [0.05, 0.1) is 12.1 Å². The lowest BCUT2D eigenvalue weighted by Crippen LogP contribution is -2.58. The van der Waals surface area contributed by atoms with E-state index in [1.807, 2.05) is 48.5 Å². The molecule has 0 spiro atoms. The summed E-state index contributed by atoms with van der Waals surface area (Å²) in [6, 6.07) is 32.5. The zero-order chi connectivity index (χ0) is 49.2. The molecule has 0 bridgehead atoms. The number of amides is 4. The highest BCUT2D eigenvalue weighted by Gasteiger charge is 2.39. The zero-order valence-electron chi connectivity index (χ0n) is 41.5. The fourth-order valence-corrected chi connectivity index (χ4v) is 11.4. The number of hydrogen-bond acceptors (Lipinski definition) is 6. The van der Waals surface area contributed by atoms with Gasteiger partial charge < -0.3 is 25.8 Å². The summed E-state index contributed by atoms with van der Waals surface area (Å²) in [7, 11) is 0. The molecule has 4 aliphatic rings. The maximum Gasteiger partial charge on any atom is 0.314 e. The maximum atomic E-state index is 13.5. The van der Waals surface area contributed by atoms with Gasteiger partial charge in [0, 0.05) is 97.4 Å². The SMILES string of the molecule is CC(C)[C@H]1CN(C(c2ccc(Cl)cc2)c2ccc(Cl)cc2)CCN1C(=O)CC1CCN(C(N)=O)CC1.CC(C)[C@H]1CN(C(c2ccc(Cl)cc2)c2ccc(Cl)cc2)CCN1C(=O)CC1CCNCC1.Cl.Cl. The summed E-state index contributed by atoms with van der Waals surface area (Å²) in [5, 5.41) is 6.31. The van der Waals surface area contributed by atoms with Crippen LogP contribution in [0.25, 0.3) is 0 Å². The van der Waals surface area contributed by atoms with E-state index in [1.165, 1.54) is 22.3 Å². The number of urea groups is 1. The molecule has 8 rings (SSSR count). The monoisotopic (exact) mass is 1090 g/mol. The molecule has 0 radical (unpaired) electrons. The van der Waals surface area contributed by atoms with E-state index in [9.17, 15) is 14.4 Å². The second kappa shape index (κ2) is 27.8. The molecule has 0 saturated carbocycles. The van der Waals surface area contributed by atoms with Crippen molar-refractivity contribution >= 4 is 89.1 Å². The number of primary amides is 1. The Kier molecular flexibility index (Phi) is 23.0. The minimum absolute atomic E-state index is 0. The molecule has 3 N–H and O–H groups in total. The largest absolute Gasteiger partial charge is 0.351 e. The number of rotatable bonds is 12. The van der Waals surface area contributed by atoms with Crippen LogP contribution < -0.4 is 11.1 Å². The minimum Gasteiger partial charge on any atom is -0.351 e. The molecule has 71 heavy (non-hydrogen) atoms. The van der Waals surface area contributed by atoms with Crippen molar-refractivity contribution in [1.82, 2.24) is 29.8 Å². The van der Waals surface area contributed by atoms with E-state index < -0.39 is 0 Å². The number of benzene rings is 4. The number of carbonyl (C=O) groups is 3. The van der Waals surface area contributed by atoms with Crippen molar-refractivity contribution in [3.8, 4) is 0 Å². The molecule has 0 unspecified atom stereocenters. The molecule has 4 heterocycles. The number of hydrogen-bond donors (Lipinski definition) is 2. The van der Waals surface area contributed by atoms with Crippen LogP contribution in [0.5, 0.6) is 0 Å². The summed E-state index contributed by atoms with van der Waals surface area (Å²) in [5.74, 6) is 2.08. The van der Waals surface area contributed by atoms with Gasteiger partial charge in [0.1, 0.15) is 0 Å². The Morgan fingerprint density at radius 3 is 1.11 bits per heavy atom. The number of piperazine rings is 2. The van der Waals surface area contributed by atoms with Gasteiger partial charge in [0.2, 0.25) is 11.8 Å². The smallest absolute Gasteiger partial charge is 0.314 e. The Morgan fingerprint density at radius 1 is 0.507 bits per heavy atom. The highest BCUT2D eigenvalue weighted by molar-refractivity contribution is 6.31. The Balaban J connectivity index is 0.000000258. The first-order valence-electron chi connectivity index (χ1n) is 25.0. The third kappa shape index (κ3) is 15.9. The molecule has 0 aromatic heterocycles. The topological polar surface area (TPSA) is 105 Å². The van der Waals surface area contributed by atoms with E-state index in [0.717, 1.165) is 81.5 Å². The summed E-state index contributed by atoms with van der Waals surface area (Å²) in [4.78, 5) is 49.2. The molecule has 4 fully saturated rings. The first-order valence-corrected chi connectivity index (χ1v) is 26.5. The molecular formula is C55H73Cl6N7O3. The fourth-order valence-electron chi connectivity index (χ4n) is 10.9. The number of halogens is 6. The van der Waals surface area contributed by atoms with E-state index in [-0.39, 0.29) is 60.9 Å². The standard InChI is InChI=1S/C28H36Cl2N4O2.C27H35Cl2N3O.2ClH/c1-19(2)25-18-33(15-16-34(25)26(35)17-20-11-13-32(14-12-20)28(31)36)27(21-3-7-23(29)8-4-21)22-5-9-24(30)10-6-22;1-19(2)25-18-31(15-16-32(25)26(33)17-20-11-13-30-14-12-20)27(21-3-7-23(28)8-4-21)22-5-9-24(29)10-6-22;;/h3-10,19-20,25,27H,11-18H2,1-2H3,(H2,31,36);3-10,19-20,25,27,30H,11-18H2,1-2H3;2*1H/t2*25-;;/m11../s1. The average molecular weight is 1090 g/mol. The Labute approximate surface area is 455 Å². The van der Waals surface area contributed by atoms with Crippen LogP contribution in [-0.2, 0) is 9.59 Å². The van der Waals surface area contributed by atoms with E-state index in [2.05, 4.69) is 101 Å². The summed E-state index contributed by atoms with van der Waals surface area (Å²) >= 11 is 24.8. The lowest BCUT2D eigenvalue weighted by atomic mass is 9.90. The number of nitrogens with two attached hydrogens (primary N) is 1. The molecule has 4 aromatic rings. The molecule has 10 nitrogen and oxygen atoms in total. The van der Waals surface area contributed by atoms with Gasteiger partial charge in [-0.2, -0.15) is 0 Å². The lowest BCUT2D eigenvalue weighted by Gasteiger charge is -2.47. The van der Waals surface area contributed by atoms with Crippen molar-refractivity contribution in [3.05, 3.63) is 139 Å². The Hall–Kier alpha value is -3.29. The normalized spacial score (nSPS) is 19.6. The van der Waals surface area contributed by atoms with E-state index in [0.29, 0.717) is 72.1 Å². The van der Waals surface area contributed by atoms with Crippen LogP contribution >= 0.6 is 71.2 Å². The van der Waals surface area contributed by atoms with Gasteiger partial charge in [-0.15, -0.1) is 24.8 Å². The molecule has 2 atom stereocenters. The van der Waals surface area contributed by atoms with Gasteiger partial charge in [-0.3, -0.25) is 19.4 Å². The van der Waals surface area contributed by atoms with Gasteiger partial charge in [0.15, 0.2) is 0 Å². The first-order chi connectivity index (χ1) is 33.1. The second-order valence-corrected chi connectivity index (χ2v) is 21.9. The van der Waals surface area contributed by atoms with Crippen molar-refractivity contribution < 1.29 is 14.4 Å². The van der Waals surface area contributed by atoms with Crippen LogP contribution in [0.3, 0.4) is 0 Å². The van der Waals surface area contributed by atoms with E-state index >= 15 is 0 Å². The fraction of sp³-hybridized carbons (Fsp3) is 0.509. The summed E-state index contributed by atoms with van der Waals surface area (Å²) in [6.45, 7) is 16.9. The van der Waals surface area contributed by atoms with Gasteiger partial charge in [-0.05, 0) is 133 Å². The first kappa shape index (κ1) is 58.6.